The van der Waals surface area contributed by atoms with Crippen molar-refractivity contribution in [2.24, 2.45) is 0 Å². The second kappa shape index (κ2) is 9.47. The van der Waals surface area contributed by atoms with Crippen molar-refractivity contribution < 1.29 is 19.1 Å². The van der Waals surface area contributed by atoms with Gasteiger partial charge in [-0.15, -0.1) is 0 Å². The molecule has 1 N–H and O–H groups in total. The molecule has 0 spiro atoms. The Bertz CT molecular complexity index is 713. The van der Waals surface area contributed by atoms with Crippen molar-refractivity contribution in [2.75, 3.05) is 20.3 Å². The number of rotatable bonds is 8. The SMILES string of the molecule is COc1cc(C(=O)OCC(=O)NCCCc2ccccc2)ccc1C. The zero-order valence-electron chi connectivity index (χ0n) is 14.6. The fourth-order valence-corrected chi connectivity index (χ4v) is 2.38. The topological polar surface area (TPSA) is 64.6 Å². The highest BCUT2D eigenvalue weighted by molar-refractivity contribution is 5.91. The number of carbonyl (C=O) groups is 2. The molecular formula is C20H23NO4. The molecular weight excluding hydrogens is 318 g/mol. The fourth-order valence-electron chi connectivity index (χ4n) is 2.38. The van der Waals surface area contributed by atoms with Gasteiger partial charge in [0.15, 0.2) is 6.61 Å². The van der Waals surface area contributed by atoms with Gasteiger partial charge in [-0.05, 0) is 43.0 Å². The van der Waals surface area contributed by atoms with E-state index in [0.29, 0.717) is 17.9 Å². The zero-order chi connectivity index (χ0) is 18.1. The van der Waals surface area contributed by atoms with Crippen LogP contribution in [-0.2, 0) is 16.0 Å². The molecule has 5 nitrogen and oxygen atoms in total. The van der Waals surface area contributed by atoms with Gasteiger partial charge < -0.3 is 14.8 Å². The standard InChI is InChI=1S/C20H23NO4/c1-15-10-11-17(13-18(15)24-2)20(23)25-14-19(22)21-12-6-9-16-7-4-3-5-8-16/h3-5,7-8,10-11,13H,6,9,12,14H2,1-2H3,(H,21,22). The molecule has 5 heteroatoms. The number of ether oxygens (including phenoxy) is 2. The van der Waals surface area contributed by atoms with E-state index < -0.39 is 5.97 Å². The minimum absolute atomic E-state index is 0.291. The Morgan fingerprint density at radius 2 is 1.84 bits per heavy atom. The first-order valence-corrected chi connectivity index (χ1v) is 8.22. The molecule has 0 saturated heterocycles. The highest BCUT2D eigenvalue weighted by Gasteiger charge is 2.12. The predicted octanol–water partition coefficient (Wildman–Crippen LogP) is 2.91. The number of nitrogens with one attached hydrogen (secondary N) is 1. The minimum Gasteiger partial charge on any atom is -0.496 e. The highest BCUT2D eigenvalue weighted by Crippen LogP contribution is 2.19. The second-order valence-corrected chi connectivity index (χ2v) is 5.70. The van der Waals surface area contributed by atoms with E-state index in [0.717, 1.165) is 18.4 Å². The van der Waals surface area contributed by atoms with Crippen molar-refractivity contribution in [3.8, 4) is 5.75 Å². The van der Waals surface area contributed by atoms with Crippen molar-refractivity contribution in [3.63, 3.8) is 0 Å². The molecule has 0 unspecified atom stereocenters. The molecule has 0 atom stereocenters. The Morgan fingerprint density at radius 1 is 1.08 bits per heavy atom. The maximum atomic E-state index is 12.0. The third kappa shape index (κ3) is 5.95. The molecule has 0 radical (unpaired) electrons. The largest absolute Gasteiger partial charge is 0.496 e. The van der Waals surface area contributed by atoms with Crippen molar-refractivity contribution >= 4 is 11.9 Å². The van der Waals surface area contributed by atoms with Gasteiger partial charge in [0.2, 0.25) is 0 Å². The number of hydrogen-bond donors (Lipinski definition) is 1. The molecule has 25 heavy (non-hydrogen) atoms. The third-order valence-corrected chi connectivity index (χ3v) is 3.79. The smallest absolute Gasteiger partial charge is 0.338 e. The Morgan fingerprint density at radius 3 is 2.56 bits per heavy atom. The van der Waals surface area contributed by atoms with Crippen LogP contribution in [0.5, 0.6) is 5.75 Å². The molecule has 2 aromatic rings. The van der Waals surface area contributed by atoms with Crippen molar-refractivity contribution in [2.45, 2.75) is 19.8 Å². The van der Waals surface area contributed by atoms with Gasteiger partial charge in [0.1, 0.15) is 5.75 Å². The van der Waals surface area contributed by atoms with E-state index in [1.165, 1.54) is 5.56 Å². The van der Waals surface area contributed by atoms with E-state index >= 15 is 0 Å². The number of carbonyl (C=O) groups excluding carboxylic acids is 2. The number of benzene rings is 2. The van der Waals surface area contributed by atoms with E-state index in [-0.39, 0.29) is 12.5 Å². The van der Waals surface area contributed by atoms with E-state index in [1.807, 2.05) is 25.1 Å². The summed E-state index contributed by atoms with van der Waals surface area (Å²) in [5, 5.41) is 2.75. The first-order chi connectivity index (χ1) is 12.1. The molecule has 0 aliphatic heterocycles. The van der Waals surface area contributed by atoms with Gasteiger partial charge in [0, 0.05) is 6.54 Å². The van der Waals surface area contributed by atoms with Crippen LogP contribution in [0.25, 0.3) is 0 Å². The summed E-state index contributed by atoms with van der Waals surface area (Å²) in [7, 11) is 1.54. The molecule has 1 amide bonds. The number of hydrogen-bond acceptors (Lipinski definition) is 4. The van der Waals surface area contributed by atoms with Gasteiger partial charge in [-0.2, -0.15) is 0 Å². The lowest BCUT2D eigenvalue weighted by Gasteiger charge is -2.09. The van der Waals surface area contributed by atoms with Crippen LogP contribution < -0.4 is 10.1 Å². The molecule has 0 heterocycles. The maximum absolute atomic E-state index is 12.0. The van der Waals surface area contributed by atoms with Crippen LogP contribution in [0, 0.1) is 6.92 Å². The quantitative estimate of drug-likeness (QED) is 0.592. The Hall–Kier alpha value is -2.82. The third-order valence-electron chi connectivity index (χ3n) is 3.79. The lowest BCUT2D eigenvalue weighted by atomic mass is 10.1. The van der Waals surface area contributed by atoms with E-state index in [4.69, 9.17) is 9.47 Å². The Balaban J connectivity index is 1.69. The molecule has 0 aliphatic carbocycles. The number of aryl methyl sites for hydroxylation is 2. The summed E-state index contributed by atoms with van der Waals surface area (Å²) in [5.74, 6) is -0.238. The lowest BCUT2D eigenvalue weighted by Crippen LogP contribution is -2.29. The number of methoxy groups -OCH3 is 1. The molecule has 132 valence electrons. The summed E-state index contributed by atoms with van der Waals surface area (Å²) >= 11 is 0. The van der Waals surface area contributed by atoms with E-state index in [2.05, 4.69) is 17.4 Å². The van der Waals surface area contributed by atoms with Crippen LogP contribution in [0.2, 0.25) is 0 Å². The Labute approximate surface area is 148 Å². The minimum atomic E-state index is -0.544. The first-order valence-electron chi connectivity index (χ1n) is 8.22. The number of amides is 1. The van der Waals surface area contributed by atoms with Crippen LogP contribution in [-0.4, -0.2) is 32.1 Å². The summed E-state index contributed by atoms with van der Waals surface area (Å²) in [4.78, 5) is 23.7. The summed E-state index contributed by atoms with van der Waals surface area (Å²) in [6.07, 6.45) is 1.73. The molecule has 2 rings (SSSR count). The van der Waals surface area contributed by atoms with Crippen LogP contribution in [0.1, 0.15) is 27.9 Å². The van der Waals surface area contributed by atoms with Crippen molar-refractivity contribution in [1.29, 1.82) is 0 Å². The first kappa shape index (κ1) is 18.5. The Kier molecular flexibility index (Phi) is 7.01. The molecule has 0 bridgehead atoms. The summed E-state index contributed by atoms with van der Waals surface area (Å²) in [5.41, 5.74) is 2.52. The summed E-state index contributed by atoms with van der Waals surface area (Å²) in [6.45, 7) is 2.14. The van der Waals surface area contributed by atoms with Gasteiger partial charge in [-0.1, -0.05) is 36.4 Å². The highest BCUT2D eigenvalue weighted by atomic mass is 16.5. The maximum Gasteiger partial charge on any atom is 0.338 e. The average Bonchev–Trinajstić information content (AvgIpc) is 2.64. The van der Waals surface area contributed by atoms with Crippen molar-refractivity contribution in [1.82, 2.24) is 5.32 Å². The van der Waals surface area contributed by atoms with Crippen LogP contribution in [0.3, 0.4) is 0 Å². The van der Waals surface area contributed by atoms with Gasteiger partial charge in [0.25, 0.3) is 5.91 Å². The average molecular weight is 341 g/mol. The normalized spacial score (nSPS) is 10.2. The van der Waals surface area contributed by atoms with Gasteiger partial charge in [-0.25, -0.2) is 4.79 Å². The zero-order valence-corrected chi connectivity index (χ0v) is 14.6. The van der Waals surface area contributed by atoms with Crippen LogP contribution >= 0.6 is 0 Å². The summed E-state index contributed by atoms with van der Waals surface area (Å²) in [6, 6.07) is 15.1. The number of esters is 1. The van der Waals surface area contributed by atoms with Crippen molar-refractivity contribution in [3.05, 3.63) is 65.2 Å². The van der Waals surface area contributed by atoms with Crippen LogP contribution in [0.15, 0.2) is 48.5 Å². The second-order valence-electron chi connectivity index (χ2n) is 5.70. The molecule has 0 aromatic heterocycles. The molecule has 0 saturated carbocycles. The molecule has 0 fully saturated rings. The fraction of sp³-hybridized carbons (Fsp3) is 0.300. The van der Waals surface area contributed by atoms with Gasteiger partial charge >= 0.3 is 5.97 Å². The monoisotopic (exact) mass is 341 g/mol. The van der Waals surface area contributed by atoms with Crippen LogP contribution in [0.4, 0.5) is 0 Å². The van der Waals surface area contributed by atoms with E-state index in [9.17, 15) is 9.59 Å². The van der Waals surface area contributed by atoms with Gasteiger partial charge in [-0.3, -0.25) is 4.79 Å². The summed E-state index contributed by atoms with van der Waals surface area (Å²) < 4.78 is 10.2. The predicted molar refractivity (Wildman–Crippen MR) is 95.8 cm³/mol. The van der Waals surface area contributed by atoms with E-state index in [1.54, 1.807) is 25.3 Å². The molecule has 2 aromatic carbocycles. The molecule has 0 aliphatic rings. The lowest BCUT2D eigenvalue weighted by molar-refractivity contribution is -0.124. The van der Waals surface area contributed by atoms with Gasteiger partial charge in [0.05, 0.1) is 12.7 Å².